The van der Waals surface area contributed by atoms with E-state index in [2.05, 4.69) is 10.6 Å². The fourth-order valence-electron chi connectivity index (χ4n) is 3.47. The van der Waals surface area contributed by atoms with Crippen molar-refractivity contribution < 1.29 is 23.1 Å². The van der Waals surface area contributed by atoms with E-state index in [1.54, 1.807) is 0 Å². The second-order valence-electron chi connectivity index (χ2n) is 7.11. The number of sulfonamides is 1. The van der Waals surface area contributed by atoms with Crippen LogP contribution in [0.5, 0.6) is 5.75 Å². The van der Waals surface area contributed by atoms with Gasteiger partial charge in [-0.3, -0.25) is 14.4 Å². The van der Waals surface area contributed by atoms with Crippen LogP contribution in [0.4, 0.5) is 17.1 Å². The summed E-state index contributed by atoms with van der Waals surface area (Å²) in [6, 6.07) is 2.39. The van der Waals surface area contributed by atoms with Crippen molar-refractivity contribution in [3.63, 3.8) is 0 Å². The van der Waals surface area contributed by atoms with Gasteiger partial charge in [-0.2, -0.15) is 0 Å². The van der Waals surface area contributed by atoms with Gasteiger partial charge in [0, 0.05) is 13.7 Å². The van der Waals surface area contributed by atoms with E-state index in [-0.39, 0.29) is 34.2 Å². The number of rotatable bonds is 9. The molecule has 1 aliphatic rings. The summed E-state index contributed by atoms with van der Waals surface area (Å²) >= 11 is 6.00. The van der Waals surface area contributed by atoms with Gasteiger partial charge >= 0.3 is 0 Å². The standard InChI is InChI=1S/C19H24ClN3O7S/c1-4-11(13-6-5-9-30-13)21-14-15(18(26)17(14)25)22-12-8-7-10(20)19(16(12)24)31(27,28)23(2)29-3/h7-8,11,13,21-22,24H,4-6,9H2,1-3H3. The lowest BCUT2D eigenvalue weighted by Crippen LogP contribution is -2.42. The molecule has 2 aromatic carbocycles. The fourth-order valence-corrected chi connectivity index (χ4v) is 5.03. The molecule has 0 saturated carbocycles. The monoisotopic (exact) mass is 473 g/mol. The number of anilines is 3. The summed E-state index contributed by atoms with van der Waals surface area (Å²) in [5, 5.41) is 16.1. The Morgan fingerprint density at radius 1 is 1.32 bits per heavy atom. The van der Waals surface area contributed by atoms with E-state index < -0.39 is 31.5 Å². The highest BCUT2D eigenvalue weighted by Crippen LogP contribution is 2.40. The van der Waals surface area contributed by atoms with E-state index in [1.807, 2.05) is 6.92 Å². The molecule has 0 amide bonds. The molecule has 3 N–H and O–H groups in total. The van der Waals surface area contributed by atoms with Crippen LogP contribution in [0.15, 0.2) is 26.6 Å². The third kappa shape index (κ3) is 4.28. The van der Waals surface area contributed by atoms with Gasteiger partial charge in [-0.15, -0.1) is 0 Å². The van der Waals surface area contributed by atoms with Crippen LogP contribution in [0.25, 0.3) is 0 Å². The first-order chi connectivity index (χ1) is 14.6. The van der Waals surface area contributed by atoms with Crippen molar-refractivity contribution >= 4 is 38.7 Å². The summed E-state index contributed by atoms with van der Waals surface area (Å²) in [5.74, 6) is -0.707. The summed E-state index contributed by atoms with van der Waals surface area (Å²) in [6.07, 6.45) is 2.36. The number of ether oxygens (including phenoxy) is 1. The Hall–Kier alpha value is -2.18. The first kappa shape index (κ1) is 23.5. The molecule has 1 aliphatic heterocycles. The first-order valence-electron chi connectivity index (χ1n) is 9.66. The highest BCUT2D eigenvalue weighted by atomic mass is 35.5. The van der Waals surface area contributed by atoms with Gasteiger partial charge in [0.2, 0.25) is 0 Å². The van der Waals surface area contributed by atoms with Crippen LogP contribution >= 0.6 is 11.6 Å². The molecule has 170 valence electrons. The maximum Gasteiger partial charge on any atom is 0.269 e. The maximum atomic E-state index is 12.6. The van der Waals surface area contributed by atoms with E-state index in [4.69, 9.17) is 21.2 Å². The minimum atomic E-state index is -4.28. The molecule has 2 atom stereocenters. The quantitative estimate of drug-likeness (QED) is 0.283. The van der Waals surface area contributed by atoms with Gasteiger partial charge in [0.1, 0.15) is 16.3 Å². The minimum absolute atomic E-state index is 0.0671. The third-order valence-corrected chi connectivity index (χ3v) is 7.47. The zero-order valence-electron chi connectivity index (χ0n) is 17.3. The number of nitrogens with zero attached hydrogens (tertiary/aromatic N) is 1. The van der Waals surface area contributed by atoms with Crippen molar-refractivity contribution in [3.8, 4) is 5.75 Å². The molecule has 0 aromatic heterocycles. The van der Waals surface area contributed by atoms with Gasteiger partial charge in [-0.05, 0) is 31.4 Å². The van der Waals surface area contributed by atoms with Gasteiger partial charge in [0.25, 0.3) is 20.9 Å². The minimum Gasteiger partial charge on any atom is -0.504 e. The molecule has 0 spiro atoms. The van der Waals surface area contributed by atoms with E-state index in [9.17, 15) is 23.1 Å². The number of hydrogen-bond donors (Lipinski definition) is 3. The molecule has 12 heteroatoms. The Labute approximate surface area is 184 Å². The molecule has 1 saturated heterocycles. The second-order valence-corrected chi connectivity index (χ2v) is 9.39. The summed E-state index contributed by atoms with van der Waals surface area (Å²) < 4.78 is 31.4. The lowest BCUT2D eigenvalue weighted by molar-refractivity contribution is -0.0259. The summed E-state index contributed by atoms with van der Waals surface area (Å²) in [7, 11) is -2.00. The first-order valence-corrected chi connectivity index (χ1v) is 11.5. The number of hydrogen-bond acceptors (Lipinski definition) is 9. The number of phenols is 1. The van der Waals surface area contributed by atoms with Crippen LogP contribution in [-0.2, 0) is 19.6 Å². The normalized spacial score (nSPS) is 17.9. The van der Waals surface area contributed by atoms with Gasteiger partial charge in [-0.1, -0.05) is 23.0 Å². The van der Waals surface area contributed by atoms with Crippen molar-refractivity contribution in [1.29, 1.82) is 0 Å². The molecular formula is C19H24ClN3O7S. The molecular weight excluding hydrogens is 450 g/mol. The second kappa shape index (κ2) is 9.13. The van der Waals surface area contributed by atoms with E-state index in [0.717, 1.165) is 27.0 Å². The Balaban J connectivity index is 1.94. The van der Waals surface area contributed by atoms with Gasteiger partial charge in [0.05, 0.1) is 30.0 Å². The van der Waals surface area contributed by atoms with Gasteiger partial charge in [-0.25, -0.2) is 8.42 Å². The molecule has 10 nitrogen and oxygen atoms in total. The van der Waals surface area contributed by atoms with Gasteiger partial charge < -0.3 is 20.5 Å². The number of nitrogens with one attached hydrogen (secondary N) is 2. The van der Waals surface area contributed by atoms with Crippen LogP contribution < -0.4 is 21.5 Å². The highest BCUT2D eigenvalue weighted by Gasteiger charge is 2.32. The Morgan fingerprint density at radius 2 is 2.00 bits per heavy atom. The van der Waals surface area contributed by atoms with Crippen molar-refractivity contribution in [2.45, 2.75) is 43.2 Å². The maximum absolute atomic E-state index is 12.6. The molecule has 0 aliphatic carbocycles. The van der Waals surface area contributed by atoms with E-state index in [0.29, 0.717) is 17.5 Å². The van der Waals surface area contributed by atoms with Crippen LogP contribution in [0.3, 0.4) is 0 Å². The average molecular weight is 474 g/mol. The van der Waals surface area contributed by atoms with Crippen LogP contribution in [0.1, 0.15) is 26.2 Å². The molecule has 31 heavy (non-hydrogen) atoms. The van der Waals surface area contributed by atoms with Gasteiger partial charge in [0.15, 0.2) is 5.75 Å². The molecule has 1 heterocycles. The third-order valence-electron chi connectivity index (χ3n) is 5.29. The molecule has 3 rings (SSSR count). The summed E-state index contributed by atoms with van der Waals surface area (Å²) in [4.78, 5) is 28.5. The molecule has 0 bridgehead atoms. The summed E-state index contributed by atoms with van der Waals surface area (Å²) in [5.41, 5.74) is -1.58. The smallest absolute Gasteiger partial charge is 0.269 e. The zero-order valence-corrected chi connectivity index (χ0v) is 18.8. The van der Waals surface area contributed by atoms with Crippen molar-refractivity contribution in [3.05, 3.63) is 37.6 Å². The lowest BCUT2D eigenvalue weighted by atomic mass is 10.0. The van der Waals surface area contributed by atoms with Crippen molar-refractivity contribution in [2.24, 2.45) is 0 Å². The molecule has 0 radical (unpaired) electrons. The number of benzene rings is 1. The predicted molar refractivity (Wildman–Crippen MR) is 116 cm³/mol. The van der Waals surface area contributed by atoms with Crippen molar-refractivity contribution in [1.82, 2.24) is 4.47 Å². The lowest BCUT2D eigenvalue weighted by Gasteiger charge is -2.26. The van der Waals surface area contributed by atoms with Crippen LogP contribution in [0.2, 0.25) is 5.02 Å². The molecule has 2 unspecified atom stereocenters. The Kier molecular flexibility index (Phi) is 6.92. The van der Waals surface area contributed by atoms with Crippen LogP contribution in [0, 0.1) is 0 Å². The number of hydroxylamine groups is 1. The number of aromatic hydroxyl groups is 1. The SMILES string of the molecule is CCC(Nc1c(Nc2ccc(Cl)c(S(=O)(=O)N(C)OC)c2O)c(=O)c1=O)C1CCCO1. The zero-order chi connectivity index (χ0) is 22.9. The molecule has 1 fully saturated rings. The van der Waals surface area contributed by atoms with Crippen LogP contribution in [-0.4, -0.2) is 50.9 Å². The summed E-state index contributed by atoms with van der Waals surface area (Å²) in [6.45, 7) is 2.58. The Bertz CT molecular complexity index is 1140. The Morgan fingerprint density at radius 3 is 2.58 bits per heavy atom. The van der Waals surface area contributed by atoms with E-state index >= 15 is 0 Å². The number of halogens is 1. The van der Waals surface area contributed by atoms with E-state index in [1.165, 1.54) is 12.1 Å². The number of phenolic OH excluding ortho intramolecular Hbond substituents is 1. The largest absolute Gasteiger partial charge is 0.504 e. The molecule has 2 aromatic rings. The highest BCUT2D eigenvalue weighted by molar-refractivity contribution is 7.89. The van der Waals surface area contributed by atoms with Crippen molar-refractivity contribution in [2.75, 3.05) is 31.4 Å². The fraction of sp³-hybridized carbons (Fsp3) is 0.474. The average Bonchev–Trinajstić information content (AvgIpc) is 3.28. The predicted octanol–water partition coefficient (Wildman–Crippen LogP) is 1.94. The topological polar surface area (TPSA) is 134 Å².